The minimum Gasteiger partial charge on any atom is -0.435 e. The van der Waals surface area contributed by atoms with E-state index in [9.17, 15) is 18.9 Å². The van der Waals surface area contributed by atoms with Gasteiger partial charge >= 0.3 is 5.69 Å². The Morgan fingerprint density at radius 1 is 1.35 bits per heavy atom. The van der Waals surface area contributed by atoms with E-state index in [4.69, 9.17) is 10.5 Å². The molecule has 1 aromatic carbocycles. The predicted molar refractivity (Wildman–Crippen MR) is 64.3 cm³/mol. The lowest BCUT2D eigenvalue weighted by atomic mass is 10.2. The van der Waals surface area contributed by atoms with Gasteiger partial charge < -0.3 is 10.5 Å². The molecule has 1 aromatic heterocycles. The molecule has 20 heavy (non-hydrogen) atoms. The molecule has 9 heteroatoms. The van der Waals surface area contributed by atoms with Crippen molar-refractivity contribution >= 4 is 11.6 Å². The lowest BCUT2D eigenvalue weighted by molar-refractivity contribution is -0.387. The third-order valence-electron chi connectivity index (χ3n) is 2.35. The summed E-state index contributed by atoms with van der Waals surface area (Å²) in [6, 6.07) is 1.01. The molecule has 2 aromatic rings. The maximum Gasteiger partial charge on any atom is 0.307 e. The van der Waals surface area contributed by atoms with E-state index >= 15 is 0 Å². The van der Waals surface area contributed by atoms with Gasteiger partial charge in [-0.15, -0.1) is 0 Å². The fourth-order valence-electron chi connectivity index (χ4n) is 1.38. The summed E-state index contributed by atoms with van der Waals surface area (Å²) in [6.07, 6.45) is 1.34. The van der Waals surface area contributed by atoms with E-state index in [2.05, 4.69) is 9.97 Å². The van der Waals surface area contributed by atoms with Gasteiger partial charge in [0.2, 0.25) is 17.6 Å². The van der Waals surface area contributed by atoms with Crippen molar-refractivity contribution in [2.24, 2.45) is 0 Å². The molecule has 0 amide bonds. The highest BCUT2D eigenvalue weighted by molar-refractivity contribution is 5.42. The van der Waals surface area contributed by atoms with Gasteiger partial charge in [-0.25, -0.2) is 9.37 Å². The van der Waals surface area contributed by atoms with Crippen molar-refractivity contribution in [1.29, 1.82) is 0 Å². The molecule has 0 spiro atoms. The second-order valence-corrected chi connectivity index (χ2v) is 3.81. The number of ether oxygens (including phenoxy) is 1. The molecule has 0 atom stereocenters. The molecule has 0 aliphatic heterocycles. The number of aryl methyl sites for hydroxylation is 1. The van der Waals surface area contributed by atoms with Crippen LogP contribution in [0.25, 0.3) is 0 Å². The molecule has 0 fully saturated rings. The summed E-state index contributed by atoms with van der Waals surface area (Å²) in [5.41, 5.74) is 4.82. The number of nitro benzene ring substituents is 1. The van der Waals surface area contributed by atoms with E-state index in [0.717, 1.165) is 0 Å². The van der Waals surface area contributed by atoms with E-state index < -0.39 is 28.0 Å². The van der Waals surface area contributed by atoms with E-state index in [1.807, 2.05) is 0 Å². The van der Waals surface area contributed by atoms with Crippen LogP contribution in [0.2, 0.25) is 0 Å². The molecule has 2 rings (SSSR count). The first-order valence-corrected chi connectivity index (χ1v) is 5.29. The van der Waals surface area contributed by atoms with Crippen molar-refractivity contribution in [1.82, 2.24) is 9.97 Å². The first kappa shape index (κ1) is 13.6. The molecule has 104 valence electrons. The molecular weight excluding hydrogens is 274 g/mol. The highest BCUT2D eigenvalue weighted by Gasteiger charge is 2.20. The molecule has 0 unspecified atom stereocenters. The molecule has 0 aliphatic carbocycles. The monoisotopic (exact) mass is 282 g/mol. The quantitative estimate of drug-likeness (QED) is 0.684. The second-order valence-electron chi connectivity index (χ2n) is 3.81. The van der Waals surface area contributed by atoms with Gasteiger partial charge in [-0.05, 0) is 6.92 Å². The number of anilines is 1. The summed E-state index contributed by atoms with van der Waals surface area (Å²) < 4.78 is 32.1. The number of nitrogens with zero attached hydrogens (tertiary/aromatic N) is 3. The van der Waals surface area contributed by atoms with Gasteiger partial charge in [0.25, 0.3) is 0 Å². The van der Waals surface area contributed by atoms with E-state index in [-0.39, 0.29) is 11.8 Å². The summed E-state index contributed by atoms with van der Waals surface area (Å²) in [4.78, 5) is 16.8. The summed E-state index contributed by atoms with van der Waals surface area (Å²) in [6.45, 7) is 1.58. The van der Waals surface area contributed by atoms with Crippen LogP contribution in [-0.2, 0) is 0 Å². The zero-order valence-electron chi connectivity index (χ0n) is 10.1. The van der Waals surface area contributed by atoms with E-state index in [1.54, 1.807) is 6.92 Å². The van der Waals surface area contributed by atoms with Crippen molar-refractivity contribution in [3.8, 4) is 11.6 Å². The summed E-state index contributed by atoms with van der Waals surface area (Å²) in [7, 11) is 0. The van der Waals surface area contributed by atoms with Crippen molar-refractivity contribution in [2.45, 2.75) is 6.92 Å². The number of halogens is 2. The second kappa shape index (κ2) is 5.03. The largest absolute Gasteiger partial charge is 0.435 e. The molecule has 1 heterocycles. The minimum atomic E-state index is -1.22. The van der Waals surface area contributed by atoms with E-state index in [1.165, 1.54) is 6.20 Å². The molecule has 0 saturated carbocycles. The van der Waals surface area contributed by atoms with Crippen LogP contribution in [0.15, 0.2) is 18.3 Å². The predicted octanol–water partition coefficient (Wildman–Crippen LogP) is 2.35. The van der Waals surface area contributed by atoms with Crippen LogP contribution < -0.4 is 10.5 Å². The number of nitrogen functional groups attached to an aromatic ring is 1. The maximum atomic E-state index is 13.6. The number of rotatable bonds is 3. The standard InChI is InChI=1S/C11H8F2N4O3/c1-5-4-15-11(14)16-10(5)20-9-3-6(12)8(17(18)19)2-7(9)13/h2-4H,1H3,(H2,14,15,16). The minimum absolute atomic E-state index is 0.0651. The fraction of sp³-hybridized carbons (Fsp3) is 0.0909. The van der Waals surface area contributed by atoms with Crippen molar-refractivity contribution < 1.29 is 18.4 Å². The van der Waals surface area contributed by atoms with Crippen LogP contribution in [0.3, 0.4) is 0 Å². The van der Waals surface area contributed by atoms with Gasteiger partial charge in [0.05, 0.1) is 11.0 Å². The maximum absolute atomic E-state index is 13.6. The number of nitrogens with two attached hydrogens (primary N) is 1. The Balaban J connectivity index is 2.42. The highest BCUT2D eigenvalue weighted by atomic mass is 19.1. The molecule has 2 N–H and O–H groups in total. The fourth-order valence-corrected chi connectivity index (χ4v) is 1.38. The van der Waals surface area contributed by atoms with Gasteiger partial charge in [0.15, 0.2) is 11.6 Å². The summed E-state index contributed by atoms with van der Waals surface area (Å²) in [5.74, 6) is -3.01. The van der Waals surface area contributed by atoms with Crippen LogP contribution >= 0.6 is 0 Å². The first-order chi connectivity index (χ1) is 9.38. The number of hydrogen-bond donors (Lipinski definition) is 1. The Labute approximate surface area is 111 Å². The summed E-state index contributed by atoms with van der Waals surface area (Å²) in [5, 5.41) is 10.5. The average Bonchev–Trinajstić information content (AvgIpc) is 2.37. The van der Waals surface area contributed by atoms with Crippen molar-refractivity contribution in [3.63, 3.8) is 0 Å². The van der Waals surface area contributed by atoms with Crippen molar-refractivity contribution in [2.75, 3.05) is 5.73 Å². The van der Waals surface area contributed by atoms with Gasteiger partial charge in [-0.1, -0.05) is 0 Å². The first-order valence-electron chi connectivity index (χ1n) is 5.29. The van der Waals surface area contributed by atoms with Crippen LogP contribution in [0.4, 0.5) is 20.4 Å². The highest BCUT2D eigenvalue weighted by Crippen LogP contribution is 2.30. The zero-order chi connectivity index (χ0) is 14.9. The lowest BCUT2D eigenvalue weighted by Gasteiger charge is -2.08. The number of aromatic nitrogens is 2. The normalized spacial score (nSPS) is 10.3. The Morgan fingerprint density at radius 3 is 2.70 bits per heavy atom. The van der Waals surface area contributed by atoms with Gasteiger partial charge in [0, 0.05) is 17.8 Å². The van der Waals surface area contributed by atoms with Crippen LogP contribution in [0.5, 0.6) is 11.6 Å². The third kappa shape index (κ3) is 2.60. The van der Waals surface area contributed by atoms with Crippen molar-refractivity contribution in [3.05, 3.63) is 45.6 Å². The Kier molecular flexibility index (Phi) is 3.42. The molecule has 0 bridgehead atoms. The Morgan fingerprint density at radius 2 is 2.05 bits per heavy atom. The Hall–Kier alpha value is -2.84. The number of benzene rings is 1. The molecule has 0 radical (unpaired) electrons. The Bertz CT molecular complexity index is 694. The number of nitro groups is 1. The smallest absolute Gasteiger partial charge is 0.307 e. The van der Waals surface area contributed by atoms with Crippen LogP contribution in [-0.4, -0.2) is 14.9 Å². The van der Waals surface area contributed by atoms with Crippen LogP contribution in [0.1, 0.15) is 5.56 Å². The zero-order valence-corrected chi connectivity index (χ0v) is 10.1. The van der Waals surface area contributed by atoms with Gasteiger partial charge in [-0.2, -0.15) is 9.37 Å². The molecular formula is C11H8F2N4O3. The lowest BCUT2D eigenvalue weighted by Crippen LogP contribution is -2.01. The topological polar surface area (TPSA) is 104 Å². The SMILES string of the molecule is Cc1cnc(N)nc1Oc1cc(F)c([N+](=O)[O-])cc1F. The molecule has 0 saturated heterocycles. The molecule has 7 nitrogen and oxygen atoms in total. The average molecular weight is 282 g/mol. The van der Waals surface area contributed by atoms with Crippen LogP contribution in [0, 0.1) is 28.7 Å². The van der Waals surface area contributed by atoms with E-state index in [0.29, 0.717) is 17.7 Å². The summed E-state index contributed by atoms with van der Waals surface area (Å²) >= 11 is 0. The number of hydrogen-bond acceptors (Lipinski definition) is 6. The third-order valence-corrected chi connectivity index (χ3v) is 2.35. The molecule has 0 aliphatic rings. The van der Waals surface area contributed by atoms with Gasteiger partial charge in [0.1, 0.15) is 0 Å². The van der Waals surface area contributed by atoms with Gasteiger partial charge in [-0.3, -0.25) is 10.1 Å².